The van der Waals surface area contributed by atoms with Gasteiger partial charge < -0.3 is 0 Å². The Morgan fingerprint density at radius 3 is 1.38 bits per heavy atom. The van der Waals surface area contributed by atoms with Crippen molar-refractivity contribution < 1.29 is 11.0 Å². The minimum absolute atomic E-state index is 0.723. The molecule has 1 nitrogen and oxygen atoms in total. The molecule has 10 fully saturated rings. The molecule has 4 atom stereocenters. The third kappa shape index (κ3) is 0.0290. The van der Waals surface area contributed by atoms with E-state index in [1.165, 1.54) is 44.0 Å². The molecular formula is C11H12NiO. The molecule has 10 aliphatic rings. The summed E-state index contributed by atoms with van der Waals surface area (Å²) in [6, 6.07) is 0. The average Bonchev–Trinajstić information content (AvgIpc) is 3.12. The van der Waals surface area contributed by atoms with Crippen LogP contribution in [0.15, 0.2) is 0 Å². The molecule has 13 heavy (non-hydrogen) atoms. The van der Waals surface area contributed by atoms with Crippen LogP contribution in [0, 0.1) is 0 Å². The quantitative estimate of drug-likeness (QED) is 0.616. The van der Waals surface area contributed by atoms with Crippen LogP contribution in [0.3, 0.4) is 0 Å². The van der Waals surface area contributed by atoms with Gasteiger partial charge in [-0.1, -0.05) is 0 Å². The van der Waals surface area contributed by atoms with E-state index in [0.717, 1.165) is 4.57 Å². The van der Waals surface area contributed by atoms with Crippen LogP contribution in [0.4, 0.5) is 0 Å². The second kappa shape index (κ2) is 0.259. The van der Waals surface area contributed by atoms with Crippen LogP contribution in [-0.4, -0.2) is 11.7 Å². The second-order valence-corrected chi connectivity index (χ2v) is 30.0. The molecule has 0 radical (unpaired) electrons. The molecule has 0 aliphatic carbocycles. The number of fused-ring (bicyclic) bond motifs is 10. The van der Waals surface area contributed by atoms with Crippen LogP contribution in [0.2, 0.25) is 44.0 Å². The van der Waals surface area contributed by atoms with Gasteiger partial charge in [0.25, 0.3) is 0 Å². The molecule has 10 aliphatic heterocycles. The maximum absolute atomic E-state index is 6.22. The normalized spacial score (nSPS) is 152. The van der Waals surface area contributed by atoms with Gasteiger partial charge >= 0.3 is 66.6 Å². The minimum atomic E-state index is -2.54. The van der Waals surface area contributed by atoms with Crippen molar-refractivity contribution in [3.8, 4) is 0 Å². The summed E-state index contributed by atoms with van der Waals surface area (Å²) in [5.74, 6) is 0. The first kappa shape index (κ1) is 4.14. The summed E-state index contributed by atoms with van der Waals surface area (Å²) in [5, 5.41) is 0. The van der Waals surface area contributed by atoms with Gasteiger partial charge in [-0.05, 0) is 0 Å². The Labute approximate surface area is 66.9 Å². The van der Waals surface area contributed by atoms with Crippen LogP contribution in [0.25, 0.3) is 0 Å². The van der Waals surface area contributed by atoms with Gasteiger partial charge in [-0.15, -0.1) is 0 Å². The van der Waals surface area contributed by atoms with Crippen molar-refractivity contribution in [1.82, 2.24) is 0 Å². The van der Waals surface area contributed by atoms with Gasteiger partial charge in [0.05, 0.1) is 0 Å². The van der Waals surface area contributed by atoms with Gasteiger partial charge in [-0.3, -0.25) is 0 Å². The maximum atomic E-state index is 6.22. The van der Waals surface area contributed by atoms with E-state index in [4.69, 9.17) is 4.74 Å². The first-order valence-electron chi connectivity index (χ1n) is 5.66. The summed E-state index contributed by atoms with van der Waals surface area (Å²) in [6.07, 6.45) is -2.54. The molecular weight excluding hydrogens is 207 g/mol. The molecule has 0 aromatic carbocycles. The van der Waals surface area contributed by atoms with Crippen LogP contribution < -0.4 is 0 Å². The summed E-state index contributed by atoms with van der Waals surface area (Å²) >= 11 is 0. The topological polar surface area (TPSA) is 9.23 Å². The molecule has 4 unspecified atom stereocenters. The summed E-state index contributed by atoms with van der Waals surface area (Å²) < 4.78 is 6.94. The van der Waals surface area contributed by atoms with E-state index in [2.05, 4.69) is 7.11 Å². The molecule has 0 bridgehead atoms. The van der Waals surface area contributed by atoms with Crippen LogP contribution in [0.1, 0.15) is 0 Å². The Morgan fingerprint density at radius 2 is 1.31 bits per heavy atom. The fourth-order valence-corrected chi connectivity index (χ4v) is 77.1. The number of hydrogen-bond donors (Lipinski definition) is 0. The van der Waals surface area contributed by atoms with Crippen LogP contribution in [-0.2, 0) is 11.0 Å². The molecule has 10 heterocycles. The molecule has 10 rings (SSSR count). The van der Waals surface area contributed by atoms with E-state index in [0.29, 0.717) is 0 Å². The molecule has 0 N–H and O–H groups in total. The fourth-order valence-electron chi connectivity index (χ4n) is 14.7. The Balaban J connectivity index is 2.08. The van der Waals surface area contributed by atoms with Crippen LogP contribution in [0.5, 0.6) is 0 Å². The fraction of sp³-hybridized carbons (Fsp3) is 1.00. The van der Waals surface area contributed by atoms with Crippen molar-refractivity contribution in [2.75, 3.05) is 7.11 Å². The Bertz CT molecular complexity index is 770. The predicted octanol–water partition coefficient (Wildman–Crippen LogP) is 2.93. The van der Waals surface area contributed by atoms with E-state index < -0.39 is 6.23 Å². The molecule has 0 aromatic heterocycles. The van der Waals surface area contributed by atoms with Gasteiger partial charge in [-0.25, -0.2) is 0 Å². The molecule has 72 valence electrons. The molecule has 0 amide bonds. The molecule has 10 saturated heterocycles. The van der Waals surface area contributed by atoms with Crippen molar-refractivity contribution in [1.29, 1.82) is 0 Å². The van der Waals surface area contributed by atoms with E-state index in [1.807, 2.05) is 0 Å². The van der Waals surface area contributed by atoms with E-state index in [-0.39, 0.29) is 0 Å². The van der Waals surface area contributed by atoms with Crippen molar-refractivity contribution in [2.24, 2.45) is 0 Å². The van der Waals surface area contributed by atoms with Crippen LogP contribution >= 0.6 is 0 Å². The Morgan fingerprint density at radius 1 is 0.846 bits per heavy atom. The number of methoxy groups -OCH3 is 1. The zero-order valence-electron chi connectivity index (χ0n) is 7.42. The monoisotopic (exact) mass is 218 g/mol. The molecule has 1 spiro atoms. The average molecular weight is 219 g/mol. The standard InChI is InChI=1S/C6H7O.C5H5.Ni/c1-7-6-4-2-3-5-6;1-2-4-5-3-1;/h2-5H,1H3;1-5H;. The molecule has 0 aromatic rings. The third-order valence-electron chi connectivity index (χ3n) is 13.4. The van der Waals surface area contributed by atoms with Gasteiger partial charge in [-0.2, -0.15) is 0 Å². The first-order chi connectivity index (χ1) is 6.11. The molecule has 2 heteroatoms. The third-order valence-corrected chi connectivity index (χ3v) is 51.0. The first-order valence-corrected chi connectivity index (χ1v) is 11.3. The van der Waals surface area contributed by atoms with E-state index in [9.17, 15) is 0 Å². The molecule has 0 saturated carbocycles. The van der Waals surface area contributed by atoms with Crippen molar-refractivity contribution >= 4 is 0 Å². The summed E-state index contributed by atoms with van der Waals surface area (Å²) in [6.45, 7) is 0. The number of hydrogen-bond acceptors (Lipinski definition) is 1. The van der Waals surface area contributed by atoms with E-state index >= 15 is 0 Å². The second-order valence-electron chi connectivity index (χ2n) is 9.02. The zero-order chi connectivity index (χ0) is 7.72. The van der Waals surface area contributed by atoms with E-state index in [1.54, 1.807) is 0 Å². The Kier molecular flexibility index (Phi) is 0.0824. The van der Waals surface area contributed by atoms with Gasteiger partial charge in [0.1, 0.15) is 0 Å². The zero-order valence-corrected chi connectivity index (χ0v) is 8.41. The van der Waals surface area contributed by atoms with Crippen molar-refractivity contribution in [2.45, 2.75) is 48.6 Å². The van der Waals surface area contributed by atoms with Gasteiger partial charge in [0.2, 0.25) is 0 Å². The Hall–Kier alpha value is 0.454. The number of rotatable bonds is 1. The summed E-state index contributed by atoms with van der Waals surface area (Å²) in [4.78, 5) is 12.6. The van der Waals surface area contributed by atoms with Crippen molar-refractivity contribution in [3.05, 3.63) is 0 Å². The SMILES string of the molecule is CO[C]12[CH]3[CH]4[CH]5[CH]1[Ni]45321678[CH]2[CH]1[CH]6[CH]7[CH]28. The summed E-state index contributed by atoms with van der Waals surface area (Å²) in [7, 11) is 2.08. The number of ether oxygens (including phenoxy) is 1. The van der Waals surface area contributed by atoms with Gasteiger partial charge in [0, 0.05) is 0 Å². The predicted molar refractivity (Wildman–Crippen MR) is 43.5 cm³/mol. The van der Waals surface area contributed by atoms with Crippen molar-refractivity contribution in [3.63, 3.8) is 0 Å². The van der Waals surface area contributed by atoms with Gasteiger partial charge in [0.15, 0.2) is 0 Å². The summed E-state index contributed by atoms with van der Waals surface area (Å²) in [5.41, 5.74) is 0.